The summed E-state index contributed by atoms with van der Waals surface area (Å²) in [5.74, 6) is 0.472. The molecule has 0 heterocycles. The van der Waals surface area contributed by atoms with E-state index < -0.39 is 0 Å². The van der Waals surface area contributed by atoms with E-state index in [0.717, 1.165) is 36.0 Å². The summed E-state index contributed by atoms with van der Waals surface area (Å²) in [6, 6.07) is 12.8. The van der Waals surface area contributed by atoms with Crippen LogP contribution in [0.25, 0.3) is 0 Å². The Bertz CT molecular complexity index is 674. The van der Waals surface area contributed by atoms with Crippen LogP contribution < -0.4 is 0 Å². The van der Waals surface area contributed by atoms with Crippen LogP contribution >= 0.6 is 0 Å². The highest BCUT2D eigenvalue weighted by molar-refractivity contribution is 6.00. The zero-order chi connectivity index (χ0) is 15.0. The Morgan fingerprint density at radius 1 is 1.00 bits per heavy atom. The number of hydrogen-bond acceptors (Lipinski definition) is 1. The van der Waals surface area contributed by atoms with Crippen LogP contribution in [0.1, 0.15) is 44.6 Å². The number of aryl methyl sites for hydroxylation is 4. The summed E-state index contributed by atoms with van der Waals surface area (Å²) in [6.07, 6.45) is 2.89. The van der Waals surface area contributed by atoms with E-state index in [-0.39, 0.29) is 5.92 Å². The van der Waals surface area contributed by atoms with E-state index in [1.165, 1.54) is 16.7 Å². The first kappa shape index (κ1) is 14.1. The Hall–Kier alpha value is -1.89. The average Bonchev–Trinajstić information content (AvgIpc) is 2.45. The fraction of sp³-hybridized carbons (Fsp3) is 0.350. The predicted molar refractivity (Wildman–Crippen MR) is 86.9 cm³/mol. The van der Waals surface area contributed by atoms with Crippen molar-refractivity contribution in [2.24, 2.45) is 5.92 Å². The van der Waals surface area contributed by atoms with E-state index in [4.69, 9.17) is 0 Å². The molecule has 1 aliphatic rings. The average molecular weight is 278 g/mol. The van der Waals surface area contributed by atoms with Gasteiger partial charge in [0.05, 0.1) is 0 Å². The van der Waals surface area contributed by atoms with Crippen molar-refractivity contribution in [1.29, 1.82) is 0 Å². The number of fused-ring (bicyclic) bond motifs is 1. The SMILES string of the molecule is Cc1cc(C)c(C(=O)C2CCc3ccccc3C2)c(C)c1. The van der Waals surface area contributed by atoms with E-state index in [0.29, 0.717) is 5.78 Å². The molecule has 2 aromatic carbocycles. The van der Waals surface area contributed by atoms with Gasteiger partial charge in [-0.15, -0.1) is 0 Å². The van der Waals surface area contributed by atoms with Crippen LogP contribution in [0.4, 0.5) is 0 Å². The fourth-order valence-electron chi connectivity index (χ4n) is 3.69. The van der Waals surface area contributed by atoms with E-state index >= 15 is 0 Å². The molecule has 0 saturated carbocycles. The van der Waals surface area contributed by atoms with Crippen LogP contribution in [-0.4, -0.2) is 5.78 Å². The Morgan fingerprint density at radius 2 is 1.62 bits per heavy atom. The summed E-state index contributed by atoms with van der Waals surface area (Å²) in [4.78, 5) is 13.0. The van der Waals surface area contributed by atoms with Crippen molar-refractivity contribution < 1.29 is 4.79 Å². The van der Waals surface area contributed by atoms with Gasteiger partial charge in [-0.2, -0.15) is 0 Å². The van der Waals surface area contributed by atoms with Gasteiger partial charge in [-0.1, -0.05) is 42.0 Å². The van der Waals surface area contributed by atoms with Crippen molar-refractivity contribution in [2.75, 3.05) is 0 Å². The third-order valence-electron chi connectivity index (χ3n) is 4.64. The van der Waals surface area contributed by atoms with Crippen molar-refractivity contribution in [3.63, 3.8) is 0 Å². The van der Waals surface area contributed by atoms with Crippen molar-refractivity contribution in [3.8, 4) is 0 Å². The molecule has 0 bridgehead atoms. The molecule has 1 unspecified atom stereocenters. The number of ketones is 1. The zero-order valence-electron chi connectivity index (χ0n) is 13.1. The van der Waals surface area contributed by atoms with Crippen LogP contribution in [0, 0.1) is 26.7 Å². The van der Waals surface area contributed by atoms with E-state index in [2.05, 4.69) is 57.2 Å². The Morgan fingerprint density at radius 3 is 2.29 bits per heavy atom. The van der Waals surface area contributed by atoms with Crippen LogP contribution in [0.2, 0.25) is 0 Å². The van der Waals surface area contributed by atoms with Gasteiger partial charge in [-0.05, 0) is 62.3 Å². The number of Topliss-reactive ketones (excluding diaryl/α,β-unsaturated/α-hetero) is 1. The normalized spacial score (nSPS) is 17.4. The van der Waals surface area contributed by atoms with E-state index in [1.807, 2.05) is 0 Å². The Kier molecular flexibility index (Phi) is 3.67. The molecule has 2 aromatic rings. The first-order chi connectivity index (χ1) is 10.1. The molecule has 1 atom stereocenters. The van der Waals surface area contributed by atoms with Crippen LogP contribution in [0.5, 0.6) is 0 Å². The topological polar surface area (TPSA) is 17.1 Å². The molecule has 1 heteroatoms. The monoisotopic (exact) mass is 278 g/mol. The highest BCUT2D eigenvalue weighted by atomic mass is 16.1. The van der Waals surface area contributed by atoms with Gasteiger partial charge in [0.2, 0.25) is 0 Å². The van der Waals surface area contributed by atoms with Crippen molar-refractivity contribution >= 4 is 5.78 Å². The molecule has 0 aromatic heterocycles. The third-order valence-corrected chi connectivity index (χ3v) is 4.64. The maximum Gasteiger partial charge on any atom is 0.166 e. The first-order valence-corrected chi connectivity index (χ1v) is 7.75. The number of rotatable bonds is 2. The second-order valence-electron chi connectivity index (χ2n) is 6.35. The molecular weight excluding hydrogens is 256 g/mol. The molecule has 21 heavy (non-hydrogen) atoms. The summed E-state index contributed by atoms with van der Waals surface area (Å²) in [6.45, 7) is 6.21. The Balaban J connectivity index is 1.91. The van der Waals surface area contributed by atoms with Gasteiger partial charge in [-0.25, -0.2) is 0 Å². The van der Waals surface area contributed by atoms with Gasteiger partial charge in [-0.3, -0.25) is 4.79 Å². The first-order valence-electron chi connectivity index (χ1n) is 7.75. The van der Waals surface area contributed by atoms with Gasteiger partial charge in [0, 0.05) is 11.5 Å². The predicted octanol–water partition coefficient (Wildman–Crippen LogP) is 4.60. The van der Waals surface area contributed by atoms with Gasteiger partial charge < -0.3 is 0 Å². The quantitative estimate of drug-likeness (QED) is 0.734. The molecule has 1 nitrogen and oxygen atoms in total. The van der Waals surface area contributed by atoms with Crippen LogP contribution in [0.15, 0.2) is 36.4 Å². The van der Waals surface area contributed by atoms with Crippen molar-refractivity contribution in [1.82, 2.24) is 0 Å². The lowest BCUT2D eigenvalue weighted by Crippen LogP contribution is -2.24. The third kappa shape index (κ3) is 2.65. The fourth-order valence-corrected chi connectivity index (χ4v) is 3.69. The van der Waals surface area contributed by atoms with Gasteiger partial charge >= 0.3 is 0 Å². The summed E-state index contributed by atoms with van der Waals surface area (Å²) < 4.78 is 0. The number of hydrogen-bond donors (Lipinski definition) is 0. The number of carbonyl (C=O) groups is 1. The van der Waals surface area contributed by atoms with Crippen molar-refractivity contribution in [2.45, 2.75) is 40.0 Å². The minimum Gasteiger partial charge on any atom is -0.294 e. The lowest BCUT2D eigenvalue weighted by molar-refractivity contribution is 0.0907. The zero-order valence-corrected chi connectivity index (χ0v) is 13.1. The summed E-state index contributed by atoms with van der Waals surface area (Å²) in [5, 5.41) is 0. The minimum absolute atomic E-state index is 0.139. The molecule has 0 spiro atoms. The molecule has 0 aliphatic heterocycles. The molecule has 0 fully saturated rings. The van der Waals surface area contributed by atoms with Crippen LogP contribution in [0.3, 0.4) is 0 Å². The van der Waals surface area contributed by atoms with E-state index in [1.54, 1.807) is 0 Å². The molecule has 1 aliphatic carbocycles. The van der Waals surface area contributed by atoms with E-state index in [9.17, 15) is 4.79 Å². The maximum absolute atomic E-state index is 13.0. The molecule has 0 saturated heterocycles. The second-order valence-corrected chi connectivity index (χ2v) is 6.35. The summed E-state index contributed by atoms with van der Waals surface area (Å²) >= 11 is 0. The molecule has 3 rings (SSSR count). The molecule has 0 N–H and O–H groups in total. The lowest BCUT2D eigenvalue weighted by Gasteiger charge is -2.25. The molecule has 0 radical (unpaired) electrons. The lowest BCUT2D eigenvalue weighted by atomic mass is 9.78. The second kappa shape index (κ2) is 5.48. The minimum atomic E-state index is 0.139. The van der Waals surface area contributed by atoms with Crippen LogP contribution in [-0.2, 0) is 12.8 Å². The smallest absolute Gasteiger partial charge is 0.166 e. The van der Waals surface area contributed by atoms with Gasteiger partial charge in [0.1, 0.15) is 0 Å². The van der Waals surface area contributed by atoms with Gasteiger partial charge in [0.15, 0.2) is 5.78 Å². The highest BCUT2D eigenvalue weighted by Crippen LogP contribution is 2.30. The maximum atomic E-state index is 13.0. The number of carbonyl (C=O) groups excluding carboxylic acids is 1. The number of benzene rings is 2. The van der Waals surface area contributed by atoms with Crippen molar-refractivity contribution in [3.05, 3.63) is 69.8 Å². The molecular formula is C20H22O. The summed E-state index contributed by atoms with van der Waals surface area (Å²) in [5.41, 5.74) is 7.19. The Labute approximate surface area is 127 Å². The summed E-state index contributed by atoms with van der Waals surface area (Å²) in [7, 11) is 0. The van der Waals surface area contributed by atoms with Gasteiger partial charge in [0.25, 0.3) is 0 Å². The highest BCUT2D eigenvalue weighted by Gasteiger charge is 2.27. The molecule has 0 amide bonds. The largest absolute Gasteiger partial charge is 0.294 e. The standard InChI is InChI=1S/C20H22O/c1-13-10-14(2)19(15(3)11-13)20(21)18-9-8-16-6-4-5-7-17(16)12-18/h4-7,10-11,18H,8-9,12H2,1-3H3. The molecule has 108 valence electrons.